The zero-order valence-electron chi connectivity index (χ0n) is 16.2. The van der Waals surface area contributed by atoms with Crippen LogP contribution >= 0.6 is 11.6 Å². The molecular weight excluding hydrogens is 438 g/mol. The highest BCUT2D eigenvalue weighted by Crippen LogP contribution is 2.25. The molecular formula is C20H18ClF4N5O. The van der Waals surface area contributed by atoms with Crippen LogP contribution < -0.4 is 0 Å². The van der Waals surface area contributed by atoms with E-state index in [0.29, 0.717) is 43.8 Å². The lowest BCUT2D eigenvalue weighted by atomic mass is 10.2. The number of rotatable bonds is 5. The molecule has 0 saturated carbocycles. The van der Waals surface area contributed by atoms with Crippen molar-refractivity contribution in [2.75, 3.05) is 26.2 Å². The number of hydrogen-bond donors (Lipinski definition) is 0. The molecule has 11 heteroatoms. The second-order valence-electron chi connectivity index (χ2n) is 7.20. The van der Waals surface area contributed by atoms with Crippen LogP contribution in [0.15, 0.2) is 36.4 Å². The van der Waals surface area contributed by atoms with Gasteiger partial charge in [-0.15, -0.1) is 0 Å². The molecule has 164 valence electrons. The Balaban J connectivity index is 1.47. The molecule has 0 N–H and O–H groups in total. The van der Waals surface area contributed by atoms with Crippen LogP contribution in [0.4, 0.5) is 17.6 Å². The number of amides is 1. The van der Waals surface area contributed by atoms with Gasteiger partial charge in [-0.2, -0.15) is 5.10 Å². The van der Waals surface area contributed by atoms with E-state index in [1.165, 1.54) is 6.07 Å². The fourth-order valence-corrected chi connectivity index (χ4v) is 3.63. The van der Waals surface area contributed by atoms with Crippen molar-refractivity contribution in [2.45, 2.75) is 19.4 Å². The van der Waals surface area contributed by atoms with Crippen molar-refractivity contribution < 1.29 is 22.4 Å². The number of halogens is 5. The Morgan fingerprint density at radius 1 is 1.00 bits per heavy atom. The van der Waals surface area contributed by atoms with Gasteiger partial charge in [0.05, 0.1) is 0 Å². The van der Waals surface area contributed by atoms with Gasteiger partial charge in [0.2, 0.25) is 0 Å². The van der Waals surface area contributed by atoms with Gasteiger partial charge in [0.15, 0.2) is 11.3 Å². The number of aromatic nitrogens is 3. The predicted molar refractivity (Wildman–Crippen MR) is 106 cm³/mol. The van der Waals surface area contributed by atoms with Gasteiger partial charge in [-0.05, 0) is 23.8 Å². The lowest BCUT2D eigenvalue weighted by molar-refractivity contribution is 0.0621. The SMILES string of the molecule is O=C(c1cc2nc(C(F)F)cc(C(F)F)n2n1)N1CCN(Cc2ccc(Cl)cc2)CC1. The monoisotopic (exact) mass is 455 g/mol. The van der Waals surface area contributed by atoms with Gasteiger partial charge in [0.25, 0.3) is 18.8 Å². The number of fused-ring (bicyclic) bond motifs is 1. The quantitative estimate of drug-likeness (QED) is 0.541. The molecule has 3 heterocycles. The fraction of sp³-hybridized carbons (Fsp3) is 0.350. The molecule has 0 spiro atoms. The average Bonchev–Trinajstić information content (AvgIpc) is 3.18. The zero-order valence-corrected chi connectivity index (χ0v) is 16.9. The lowest BCUT2D eigenvalue weighted by Gasteiger charge is -2.34. The number of carbonyl (C=O) groups is 1. The van der Waals surface area contributed by atoms with Crippen molar-refractivity contribution >= 4 is 23.2 Å². The van der Waals surface area contributed by atoms with Gasteiger partial charge in [-0.1, -0.05) is 23.7 Å². The molecule has 4 rings (SSSR count). The van der Waals surface area contributed by atoms with Crippen LogP contribution in [-0.2, 0) is 6.54 Å². The summed E-state index contributed by atoms with van der Waals surface area (Å²) >= 11 is 5.90. The van der Waals surface area contributed by atoms with Crippen LogP contribution in [0.2, 0.25) is 5.02 Å². The molecule has 0 aliphatic carbocycles. The predicted octanol–water partition coefficient (Wildman–Crippen LogP) is 4.22. The Morgan fingerprint density at radius 3 is 2.29 bits per heavy atom. The molecule has 1 aliphatic heterocycles. The summed E-state index contributed by atoms with van der Waals surface area (Å²) in [7, 11) is 0. The molecule has 1 aliphatic rings. The normalized spacial score (nSPS) is 15.4. The highest BCUT2D eigenvalue weighted by atomic mass is 35.5. The van der Waals surface area contributed by atoms with Crippen molar-refractivity contribution in [2.24, 2.45) is 0 Å². The van der Waals surface area contributed by atoms with Gasteiger partial charge in [-0.3, -0.25) is 9.69 Å². The first kappa shape index (κ1) is 21.5. The Bertz CT molecular complexity index is 1080. The van der Waals surface area contributed by atoms with Gasteiger partial charge in [0.1, 0.15) is 11.4 Å². The number of hydrogen-bond acceptors (Lipinski definition) is 4. The maximum atomic E-state index is 13.3. The molecule has 1 aromatic carbocycles. The van der Waals surface area contributed by atoms with Crippen molar-refractivity contribution in [3.8, 4) is 0 Å². The largest absolute Gasteiger partial charge is 0.335 e. The summed E-state index contributed by atoms with van der Waals surface area (Å²) in [5.74, 6) is -0.449. The number of nitrogens with zero attached hydrogens (tertiary/aromatic N) is 5. The molecule has 1 fully saturated rings. The summed E-state index contributed by atoms with van der Waals surface area (Å²) in [4.78, 5) is 20.2. The first-order valence-corrected chi connectivity index (χ1v) is 9.92. The smallest absolute Gasteiger partial charge is 0.280 e. The third-order valence-electron chi connectivity index (χ3n) is 5.12. The van der Waals surface area contributed by atoms with E-state index in [9.17, 15) is 22.4 Å². The lowest BCUT2D eigenvalue weighted by Crippen LogP contribution is -2.48. The standard InChI is InChI=1S/C20H18ClF4N5O/c21-13-3-1-12(2-4-13)11-28-5-7-29(8-6-28)20(31)15-10-17-26-14(18(22)23)9-16(19(24)25)30(17)27-15/h1-4,9-10,18-19H,5-8,11H2. The molecule has 31 heavy (non-hydrogen) atoms. The van der Waals surface area contributed by atoms with Crippen molar-refractivity contribution in [1.82, 2.24) is 24.4 Å². The first-order chi connectivity index (χ1) is 14.8. The van der Waals surface area contributed by atoms with Gasteiger partial charge < -0.3 is 4.90 Å². The van der Waals surface area contributed by atoms with E-state index < -0.39 is 30.1 Å². The maximum Gasteiger partial charge on any atom is 0.280 e. The average molecular weight is 456 g/mol. The van der Waals surface area contributed by atoms with Crippen LogP contribution in [0.1, 0.15) is 40.3 Å². The van der Waals surface area contributed by atoms with Crippen LogP contribution in [0, 0.1) is 0 Å². The second kappa shape index (κ2) is 8.80. The van der Waals surface area contributed by atoms with Crippen molar-refractivity contribution in [3.05, 3.63) is 64.1 Å². The summed E-state index contributed by atoms with van der Waals surface area (Å²) in [5, 5.41) is 4.58. The molecule has 2 aromatic heterocycles. The molecule has 1 amide bonds. The first-order valence-electron chi connectivity index (χ1n) is 9.55. The Labute approximate surface area is 180 Å². The topological polar surface area (TPSA) is 53.7 Å². The molecule has 0 unspecified atom stereocenters. The molecule has 0 radical (unpaired) electrons. The van der Waals surface area contributed by atoms with Crippen LogP contribution in [0.5, 0.6) is 0 Å². The van der Waals surface area contributed by atoms with Gasteiger partial charge >= 0.3 is 0 Å². The van der Waals surface area contributed by atoms with Gasteiger partial charge in [0, 0.05) is 43.8 Å². The molecule has 6 nitrogen and oxygen atoms in total. The van der Waals surface area contributed by atoms with Crippen molar-refractivity contribution in [1.29, 1.82) is 0 Å². The Hall–Kier alpha value is -2.72. The summed E-state index contributed by atoms with van der Waals surface area (Å²) in [6, 6.07) is 9.30. The van der Waals surface area contributed by atoms with E-state index >= 15 is 0 Å². The minimum atomic E-state index is -3.04. The fourth-order valence-electron chi connectivity index (χ4n) is 3.51. The number of carbonyl (C=O) groups excluding carboxylic acids is 1. The highest BCUT2D eigenvalue weighted by Gasteiger charge is 2.26. The minimum Gasteiger partial charge on any atom is -0.335 e. The molecule has 3 aromatic rings. The van der Waals surface area contributed by atoms with Crippen LogP contribution in [0.3, 0.4) is 0 Å². The third-order valence-corrected chi connectivity index (χ3v) is 5.37. The van der Waals surface area contributed by atoms with Gasteiger partial charge in [-0.25, -0.2) is 27.1 Å². The zero-order chi connectivity index (χ0) is 22.1. The van der Waals surface area contributed by atoms with E-state index in [1.54, 1.807) is 4.90 Å². The van der Waals surface area contributed by atoms with E-state index in [2.05, 4.69) is 15.0 Å². The third kappa shape index (κ3) is 4.64. The molecule has 1 saturated heterocycles. The summed E-state index contributed by atoms with van der Waals surface area (Å²) in [5.41, 5.74) is -0.723. The van der Waals surface area contributed by atoms with Crippen LogP contribution in [-0.4, -0.2) is 56.5 Å². The number of piperazine rings is 1. The summed E-state index contributed by atoms with van der Waals surface area (Å²) in [6.45, 7) is 2.82. The maximum absolute atomic E-state index is 13.3. The van der Waals surface area contributed by atoms with E-state index in [-0.39, 0.29) is 11.3 Å². The summed E-state index contributed by atoms with van der Waals surface area (Å²) < 4.78 is 53.3. The number of alkyl halides is 4. The minimum absolute atomic E-state index is 0.105. The second-order valence-corrected chi connectivity index (χ2v) is 7.64. The Kier molecular flexibility index (Phi) is 6.10. The van der Waals surface area contributed by atoms with E-state index in [1.807, 2.05) is 24.3 Å². The molecule has 0 atom stereocenters. The van der Waals surface area contributed by atoms with E-state index in [0.717, 1.165) is 10.1 Å². The van der Waals surface area contributed by atoms with Crippen LogP contribution in [0.25, 0.3) is 5.65 Å². The number of benzene rings is 1. The van der Waals surface area contributed by atoms with Crippen molar-refractivity contribution in [3.63, 3.8) is 0 Å². The summed E-state index contributed by atoms with van der Waals surface area (Å²) in [6.07, 6.45) is -6.05. The highest BCUT2D eigenvalue weighted by molar-refractivity contribution is 6.30. The van der Waals surface area contributed by atoms with E-state index in [4.69, 9.17) is 11.6 Å². The molecule has 0 bridgehead atoms. The Morgan fingerprint density at radius 2 is 1.68 bits per heavy atom.